The largest absolute Gasteiger partial charge is 0.377 e. The average Bonchev–Trinajstić information content (AvgIpc) is 2.26. The van der Waals surface area contributed by atoms with Gasteiger partial charge >= 0.3 is 10.1 Å². The first-order valence-electron chi connectivity index (χ1n) is 5.73. The van der Waals surface area contributed by atoms with E-state index in [4.69, 9.17) is 0 Å². The summed E-state index contributed by atoms with van der Waals surface area (Å²) in [7, 11) is -6.59. The van der Waals surface area contributed by atoms with Gasteiger partial charge in [-0.3, -0.25) is 0 Å². The third-order valence-corrected chi connectivity index (χ3v) is 4.73. The SMILES string of the molecule is Cc1nc(C(F)[Si](C)(C)C)c(OS(C)(=O)=O)c(F)c1F. The summed E-state index contributed by atoms with van der Waals surface area (Å²) < 4.78 is 68.4. The van der Waals surface area contributed by atoms with Crippen molar-refractivity contribution < 1.29 is 25.8 Å². The number of hydrogen-bond acceptors (Lipinski definition) is 4. The van der Waals surface area contributed by atoms with Crippen LogP contribution in [0.1, 0.15) is 17.2 Å². The van der Waals surface area contributed by atoms with Gasteiger partial charge in [-0.2, -0.15) is 12.8 Å². The van der Waals surface area contributed by atoms with Crippen molar-refractivity contribution in [2.75, 3.05) is 6.26 Å². The summed E-state index contributed by atoms with van der Waals surface area (Å²) in [6, 6.07) is 0. The van der Waals surface area contributed by atoms with Crippen LogP contribution in [0.5, 0.6) is 5.75 Å². The van der Waals surface area contributed by atoms with Gasteiger partial charge in [0.2, 0.25) is 11.6 Å². The van der Waals surface area contributed by atoms with Crippen molar-refractivity contribution in [2.45, 2.75) is 32.4 Å². The van der Waals surface area contributed by atoms with Crippen LogP contribution in [0, 0.1) is 18.6 Å². The van der Waals surface area contributed by atoms with Gasteiger partial charge < -0.3 is 4.18 Å². The summed E-state index contributed by atoms with van der Waals surface area (Å²) in [5.41, 5.74) is -0.856. The minimum atomic E-state index is -4.13. The second kappa shape index (κ2) is 5.36. The molecule has 0 aliphatic rings. The molecule has 0 fully saturated rings. The number of alkyl halides is 1. The maximum atomic E-state index is 14.4. The molecule has 1 atom stereocenters. The van der Waals surface area contributed by atoms with Crippen molar-refractivity contribution in [1.82, 2.24) is 4.98 Å². The van der Waals surface area contributed by atoms with Crippen LogP contribution < -0.4 is 4.18 Å². The fraction of sp³-hybridized carbons (Fsp3) is 0.545. The van der Waals surface area contributed by atoms with E-state index in [-0.39, 0.29) is 5.69 Å². The number of pyridine rings is 1. The molecule has 0 saturated heterocycles. The van der Waals surface area contributed by atoms with E-state index in [2.05, 4.69) is 9.17 Å². The number of hydrogen-bond donors (Lipinski definition) is 0. The minimum Gasteiger partial charge on any atom is -0.377 e. The van der Waals surface area contributed by atoms with Gasteiger partial charge in [-0.25, -0.2) is 13.8 Å². The molecule has 0 aliphatic carbocycles. The molecule has 1 aromatic heterocycles. The number of aromatic nitrogens is 1. The van der Waals surface area contributed by atoms with E-state index in [1.807, 2.05) is 0 Å². The van der Waals surface area contributed by atoms with Crippen LogP contribution in [-0.2, 0) is 10.1 Å². The Morgan fingerprint density at radius 3 is 2.10 bits per heavy atom. The zero-order valence-corrected chi connectivity index (χ0v) is 13.6. The van der Waals surface area contributed by atoms with E-state index in [1.165, 1.54) is 6.92 Å². The second-order valence-corrected chi connectivity index (χ2v) is 12.4. The van der Waals surface area contributed by atoms with Gasteiger partial charge in [0, 0.05) is 0 Å². The van der Waals surface area contributed by atoms with Gasteiger partial charge in [0.1, 0.15) is 11.5 Å². The van der Waals surface area contributed by atoms with Crippen LogP contribution in [0.25, 0.3) is 0 Å². The van der Waals surface area contributed by atoms with Crippen molar-refractivity contribution in [3.63, 3.8) is 0 Å². The number of halogens is 3. The van der Waals surface area contributed by atoms with E-state index in [0.717, 1.165) is 0 Å². The van der Waals surface area contributed by atoms with Crippen molar-refractivity contribution in [3.8, 4) is 5.75 Å². The number of aryl methyl sites for hydroxylation is 1. The molecule has 20 heavy (non-hydrogen) atoms. The smallest absolute Gasteiger partial charge is 0.306 e. The summed E-state index contributed by atoms with van der Waals surface area (Å²) in [6.07, 6.45) is 0.662. The zero-order valence-electron chi connectivity index (χ0n) is 11.8. The van der Waals surface area contributed by atoms with E-state index in [0.29, 0.717) is 6.26 Å². The van der Waals surface area contributed by atoms with Gasteiger partial charge in [-0.15, -0.1) is 0 Å². The Bertz CT molecular complexity index is 629. The molecule has 0 aliphatic heterocycles. The molecule has 0 spiro atoms. The molecule has 0 bridgehead atoms. The van der Waals surface area contributed by atoms with E-state index in [1.54, 1.807) is 19.6 Å². The quantitative estimate of drug-likeness (QED) is 0.630. The maximum absolute atomic E-state index is 14.4. The fourth-order valence-electron chi connectivity index (χ4n) is 1.46. The van der Waals surface area contributed by atoms with Gasteiger partial charge in [-0.05, 0) is 6.92 Å². The lowest BCUT2D eigenvalue weighted by molar-refractivity contribution is 0.388. The molecule has 0 N–H and O–H groups in total. The Hall–Kier alpha value is -1.09. The molecular formula is C11H16F3NO3SSi. The van der Waals surface area contributed by atoms with Gasteiger partial charge in [0.15, 0.2) is 5.82 Å². The Morgan fingerprint density at radius 2 is 1.70 bits per heavy atom. The molecule has 0 amide bonds. The predicted octanol–water partition coefficient (Wildman–Crippen LogP) is 2.89. The molecule has 1 rings (SSSR count). The van der Waals surface area contributed by atoms with Crippen LogP contribution in [0.3, 0.4) is 0 Å². The Balaban J connectivity index is 3.58. The predicted molar refractivity (Wildman–Crippen MR) is 71.6 cm³/mol. The van der Waals surface area contributed by atoms with Gasteiger partial charge in [0.25, 0.3) is 0 Å². The zero-order chi connectivity index (χ0) is 15.9. The maximum Gasteiger partial charge on any atom is 0.306 e. The Morgan fingerprint density at radius 1 is 1.20 bits per heavy atom. The first-order chi connectivity index (χ1) is 8.84. The molecule has 114 valence electrons. The minimum absolute atomic E-state index is 0.348. The molecule has 0 saturated carbocycles. The number of nitrogens with zero attached hydrogens (tertiary/aromatic N) is 1. The monoisotopic (exact) mass is 327 g/mol. The van der Waals surface area contributed by atoms with E-state index < -0.39 is 47.1 Å². The second-order valence-electron chi connectivity index (χ2n) is 5.56. The van der Waals surface area contributed by atoms with Crippen LogP contribution in [-0.4, -0.2) is 27.7 Å². The summed E-state index contributed by atoms with van der Waals surface area (Å²) in [4.78, 5) is 3.64. The van der Waals surface area contributed by atoms with Crippen LogP contribution >= 0.6 is 0 Å². The first kappa shape index (κ1) is 17.0. The molecule has 1 aromatic rings. The molecule has 9 heteroatoms. The lowest BCUT2D eigenvalue weighted by Crippen LogP contribution is -2.30. The van der Waals surface area contributed by atoms with Gasteiger partial charge in [-0.1, -0.05) is 19.6 Å². The third-order valence-electron chi connectivity index (χ3n) is 2.47. The molecule has 0 aromatic carbocycles. The lowest BCUT2D eigenvalue weighted by Gasteiger charge is -2.23. The van der Waals surface area contributed by atoms with Crippen molar-refractivity contribution in [2.24, 2.45) is 0 Å². The third kappa shape index (κ3) is 3.72. The number of rotatable bonds is 4. The van der Waals surface area contributed by atoms with Crippen molar-refractivity contribution in [1.29, 1.82) is 0 Å². The average molecular weight is 327 g/mol. The van der Waals surface area contributed by atoms with Crippen molar-refractivity contribution >= 4 is 18.2 Å². The molecule has 1 heterocycles. The lowest BCUT2D eigenvalue weighted by atomic mass is 10.2. The summed E-state index contributed by atoms with van der Waals surface area (Å²) in [6.45, 7) is 6.13. The van der Waals surface area contributed by atoms with Crippen molar-refractivity contribution in [3.05, 3.63) is 23.0 Å². The molecule has 4 nitrogen and oxygen atoms in total. The van der Waals surface area contributed by atoms with Crippen LogP contribution in [0.2, 0.25) is 19.6 Å². The van der Waals surface area contributed by atoms with Gasteiger partial charge in [0.05, 0.1) is 20.0 Å². The Kier molecular flexibility index (Phi) is 4.54. The highest BCUT2D eigenvalue weighted by Gasteiger charge is 2.35. The fourth-order valence-corrected chi connectivity index (χ4v) is 2.94. The standard InChI is InChI=1S/C11H16F3NO3SSi/c1-6-7(12)8(13)10(18-19(2,16)17)9(15-6)11(14)20(3,4)5/h11H,1-5H3. The molecular weight excluding hydrogens is 311 g/mol. The topological polar surface area (TPSA) is 56.3 Å². The van der Waals surface area contributed by atoms with Crippen LogP contribution in [0.15, 0.2) is 0 Å². The highest BCUT2D eigenvalue weighted by atomic mass is 32.2. The van der Waals surface area contributed by atoms with Crippen LogP contribution in [0.4, 0.5) is 13.2 Å². The normalized spacial score (nSPS) is 14.2. The summed E-state index contributed by atoms with van der Waals surface area (Å²) in [5.74, 6) is -5.58. The summed E-state index contributed by atoms with van der Waals surface area (Å²) in [5, 5.41) is 0. The highest BCUT2D eigenvalue weighted by Crippen LogP contribution is 2.36. The summed E-state index contributed by atoms with van der Waals surface area (Å²) >= 11 is 0. The van der Waals surface area contributed by atoms with E-state index in [9.17, 15) is 21.6 Å². The Labute approximate surface area is 117 Å². The molecule has 1 unspecified atom stereocenters. The van der Waals surface area contributed by atoms with E-state index >= 15 is 0 Å². The first-order valence-corrected chi connectivity index (χ1v) is 11.1. The molecule has 0 radical (unpaired) electrons. The highest BCUT2D eigenvalue weighted by molar-refractivity contribution is 7.86.